The van der Waals surface area contributed by atoms with Crippen molar-refractivity contribution in [2.45, 2.75) is 37.2 Å². The number of rotatable bonds is 6. The molecule has 0 aromatic heterocycles. The Bertz CT molecular complexity index is 978. The number of carbonyl (C=O) groups is 1. The van der Waals surface area contributed by atoms with Gasteiger partial charge in [-0.05, 0) is 49.1 Å². The molecule has 2 N–H and O–H groups in total. The second kappa shape index (κ2) is 8.28. The molecular weight excluding hydrogens is 381 g/mol. The van der Waals surface area contributed by atoms with Crippen LogP contribution in [-0.2, 0) is 27.8 Å². The molecular formula is C20H24FN3O3S. The third kappa shape index (κ3) is 4.51. The fraction of sp³-hybridized carbons (Fsp3) is 0.350. The Kier molecular flexibility index (Phi) is 6.00. The van der Waals surface area contributed by atoms with E-state index in [-0.39, 0.29) is 0 Å². The highest BCUT2D eigenvalue weighted by Crippen LogP contribution is 2.26. The van der Waals surface area contributed by atoms with E-state index in [0.29, 0.717) is 6.54 Å². The number of amides is 1. The monoisotopic (exact) mass is 405 g/mol. The van der Waals surface area contributed by atoms with Crippen molar-refractivity contribution in [3.05, 3.63) is 59.4 Å². The van der Waals surface area contributed by atoms with Gasteiger partial charge in [-0.25, -0.2) is 12.8 Å². The summed E-state index contributed by atoms with van der Waals surface area (Å²) in [6, 6.07) is 10.1. The van der Waals surface area contributed by atoms with E-state index in [2.05, 4.69) is 28.1 Å². The zero-order valence-corrected chi connectivity index (χ0v) is 16.7. The van der Waals surface area contributed by atoms with Gasteiger partial charge in [0.1, 0.15) is 10.7 Å². The number of fused-ring (bicyclic) bond motifs is 1. The van der Waals surface area contributed by atoms with Crippen molar-refractivity contribution in [2.24, 2.45) is 0 Å². The topological polar surface area (TPSA) is 78.5 Å². The average molecular weight is 405 g/mol. The summed E-state index contributed by atoms with van der Waals surface area (Å²) in [4.78, 5) is 14.0. The van der Waals surface area contributed by atoms with Gasteiger partial charge < -0.3 is 10.2 Å². The molecule has 1 aliphatic heterocycles. The van der Waals surface area contributed by atoms with Crippen LogP contribution < -0.4 is 14.9 Å². The maximum atomic E-state index is 13.7. The summed E-state index contributed by atoms with van der Waals surface area (Å²) in [5.74, 6) is -1.34. The Labute approximate surface area is 164 Å². The first-order valence-corrected chi connectivity index (χ1v) is 10.6. The first-order valence-electron chi connectivity index (χ1n) is 9.15. The molecule has 0 radical (unpaired) electrons. The number of nitrogens with zero attached hydrogens (tertiary/aromatic N) is 1. The van der Waals surface area contributed by atoms with Crippen LogP contribution >= 0.6 is 0 Å². The van der Waals surface area contributed by atoms with E-state index in [1.54, 1.807) is 0 Å². The number of anilines is 1. The summed E-state index contributed by atoms with van der Waals surface area (Å²) in [6.07, 6.45) is 2.09. The summed E-state index contributed by atoms with van der Waals surface area (Å²) >= 11 is 0. The molecule has 150 valence electrons. The van der Waals surface area contributed by atoms with Crippen LogP contribution in [0.4, 0.5) is 10.1 Å². The van der Waals surface area contributed by atoms with Crippen molar-refractivity contribution in [2.75, 3.05) is 18.5 Å². The third-order valence-electron chi connectivity index (χ3n) is 4.81. The molecule has 1 heterocycles. The highest BCUT2D eigenvalue weighted by molar-refractivity contribution is 7.89. The van der Waals surface area contributed by atoms with E-state index < -0.39 is 32.7 Å². The lowest BCUT2D eigenvalue weighted by atomic mass is 9.99. The number of hydrogen-bond donors (Lipinski definition) is 2. The third-order valence-corrected chi connectivity index (χ3v) is 6.39. The first kappa shape index (κ1) is 20.3. The lowest BCUT2D eigenvalue weighted by molar-refractivity contribution is -0.122. The Hall–Kier alpha value is -2.45. The lowest BCUT2D eigenvalue weighted by Crippen LogP contribution is -2.44. The fourth-order valence-corrected chi connectivity index (χ4v) is 4.59. The number of nitrogens with one attached hydrogen (secondary N) is 2. The molecule has 0 fully saturated rings. The molecule has 0 bridgehead atoms. The fourth-order valence-electron chi connectivity index (χ4n) is 3.30. The Morgan fingerprint density at radius 1 is 1.25 bits per heavy atom. The van der Waals surface area contributed by atoms with Gasteiger partial charge in [-0.3, -0.25) is 4.79 Å². The highest BCUT2D eigenvalue weighted by Gasteiger charge is 2.24. The van der Waals surface area contributed by atoms with Crippen molar-refractivity contribution < 1.29 is 17.6 Å². The zero-order valence-electron chi connectivity index (χ0n) is 15.9. The largest absolute Gasteiger partial charge is 0.374 e. The van der Waals surface area contributed by atoms with Crippen LogP contribution in [0.25, 0.3) is 0 Å². The second-order valence-electron chi connectivity index (χ2n) is 6.98. The van der Waals surface area contributed by atoms with Gasteiger partial charge in [-0.2, -0.15) is 4.72 Å². The number of benzene rings is 2. The first-order chi connectivity index (χ1) is 13.3. The SMILES string of the molecule is C[C@H](NS(=O)(=O)c1ccccc1F)C(=O)NCc1ccc2c(c1)CCCN2C. The van der Waals surface area contributed by atoms with Crippen molar-refractivity contribution in [1.82, 2.24) is 10.0 Å². The Morgan fingerprint density at radius 3 is 2.75 bits per heavy atom. The lowest BCUT2D eigenvalue weighted by Gasteiger charge is -2.27. The molecule has 0 unspecified atom stereocenters. The van der Waals surface area contributed by atoms with Gasteiger partial charge in [0, 0.05) is 25.8 Å². The van der Waals surface area contributed by atoms with Gasteiger partial charge in [-0.1, -0.05) is 24.3 Å². The van der Waals surface area contributed by atoms with E-state index in [0.717, 1.165) is 37.1 Å². The van der Waals surface area contributed by atoms with Gasteiger partial charge in [0.25, 0.3) is 0 Å². The van der Waals surface area contributed by atoms with Gasteiger partial charge >= 0.3 is 0 Å². The van der Waals surface area contributed by atoms with E-state index >= 15 is 0 Å². The van der Waals surface area contributed by atoms with Crippen LogP contribution in [0, 0.1) is 5.82 Å². The molecule has 0 saturated carbocycles. The van der Waals surface area contributed by atoms with E-state index in [1.165, 1.54) is 30.3 Å². The molecule has 3 rings (SSSR count). The molecule has 2 aromatic rings. The summed E-state index contributed by atoms with van der Waals surface area (Å²) in [7, 11) is -2.07. The van der Waals surface area contributed by atoms with E-state index in [1.807, 2.05) is 12.1 Å². The van der Waals surface area contributed by atoms with Crippen LogP contribution in [-0.4, -0.2) is 34.0 Å². The molecule has 0 aliphatic carbocycles. The maximum Gasteiger partial charge on any atom is 0.244 e. The quantitative estimate of drug-likeness (QED) is 0.772. The highest BCUT2D eigenvalue weighted by atomic mass is 32.2. The molecule has 6 nitrogen and oxygen atoms in total. The smallest absolute Gasteiger partial charge is 0.244 e. The Balaban J connectivity index is 1.61. The van der Waals surface area contributed by atoms with E-state index in [4.69, 9.17) is 0 Å². The van der Waals surface area contributed by atoms with Crippen molar-refractivity contribution in [1.29, 1.82) is 0 Å². The molecule has 28 heavy (non-hydrogen) atoms. The van der Waals surface area contributed by atoms with Crippen LogP contribution in [0.3, 0.4) is 0 Å². The Morgan fingerprint density at radius 2 is 2.00 bits per heavy atom. The summed E-state index contributed by atoms with van der Waals surface area (Å²) in [6.45, 7) is 2.75. The summed E-state index contributed by atoms with van der Waals surface area (Å²) in [5, 5.41) is 2.73. The molecule has 2 aromatic carbocycles. The summed E-state index contributed by atoms with van der Waals surface area (Å²) in [5.41, 5.74) is 3.40. The van der Waals surface area contributed by atoms with Gasteiger partial charge in [0.15, 0.2) is 0 Å². The number of aryl methyl sites for hydroxylation is 1. The van der Waals surface area contributed by atoms with Crippen molar-refractivity contribution in [3.8, 4) is 0 Å². The van der Waals surface area contributed by atoms with Crippen molar-refractivity contribution in [3.63, 3.8) is 0 Å². The van der Waals surface area contributed by atoms with E-state index in [9.17, 15) is 17.6 Å². The van der Waals surface area contributed by atoms with Gasteiger partial charge in [-0.15, -0.1) is 0 Å². The normalized spacial score (nSPS) is 15.0. The molecule has 1 amide bonds. The maximum absolute atomic E-state index is 13.7. The minimum atomic E-state index is -4.13. The molecule has 1 aliphatic rings. The van der Waals surface area contributed by atoms with Gasteiger partial charge in [0.2, 0.25) is 15.9 Å². The predicted octanol–water partition coefficient (Wildman–Crippen LogP) is 2.19. The van der Waals surface area contributed by atoms with Crippen LogP contribution in [0.5, 0.6) is 0 Å². The van der Waals surface area contributed by atoms with Gasteiger partial charge in [0.05, 0.1) is 6.04 Å². The summed E-state index contributed by atoms with van der Waals surface area (Å²) < 4.78 is 40.6. The number of hydrogen-bond acceptors (Lipinski definition) is 4. The molecule has 0 saturated heterocycles. The standard InChI is InChI=1S/C20H24FN3O3S/c1-14(23-28(26,27)19-8-4-3-7-17(19)21)20(25)22-13-15-9-10-18-16(12-15)6-5-11-24(18)2/h3-4,7-10,12,14,23H,5-6,11,13H2,1-2H3,(H,22,25)/t14-/m0/s1. The van der Waals surface area contributed by atoms with Crippen molar-refractivity contribution >= 4 is 21.6 Å². The van der Waals surface area contributed by atoms with Crippen LogP contribution in [0.2, 0.25) is 0 Å². The van der Waals surface area contributed by atoms with Crippen LogP contribution in [0.15, 0.2) is 47.4 Å². The number of sulfonamides is 1. The molecule has 1 atom stereocenters. The number of carbonyl (C=O) groups excluding carboxylic acids is 1. The predicted molar refractivity (Wildman–Crippen MR) is 106 cm³/mol. The second-order valence-corrected chi connectivity index (χ2v) is 8.66. The number of halogens is 1. The zero-order chi connectivity index (χ0) is 20.3. The minimum absolute atomic E-state index is 0.293. The average Bonchev–Trinajstić information content (AvgIpc) is 2.66. The minimum Gasteiger partial charge on any atom is -0.374 e. The van der Waals surface area contributed by atoms with Crippen LogP contribution in [0.1, 0.15) is 24.5 Å². The molecule has 0 spiro atoms. The molecule has 8 heteroatoms.